The average molecular weight is 397 g/mol. The second-order valence-corrected chi connectivity index (χ2v) is 7.62. The summed E-state index contributed by atoms with van der Waals surface area (Å²) in [5.41, 5.74) is 2.27. The summed E-state index contributed by atoms with van der Waals surface area (Å²) in [6, 6.07) is 14.6. The molecule has 2 saturated heterocycles. The van der Waals surface area contributed by atoms with Gasteiger partial charge < -0.3 is 14.4 Å². The van der Waals surface area contributed by atoms with Crippen LogP contribution < -0.4 is 9.80 Å². The molecule has 2 fully saturated rings. The molecule has 0 N–H and O–H groups in total. The zero-order valence-corrected chi connectivity index (χ0v) is 16.2. The highest BCUT2D eigenvalue weighted by Crippen LogP contribution is 2.45. The summed E-state index contributed by atoms with van der Waals surface area (Å²) in [6.45, 7) is 4.40. The third kappa shape index (κ3) is 3.10. The molecule has 2 aromatic carbocycles. The van der Waals surface area contributed by atoms with Gasteiger partial charge in [0, 0.05) is 31.7 Å². The topological polar surface area (TPSA) is 45.3 Å². The van der Waals surface area contributed by atoms with Crippen molar-refractivity contribution < 1.29 is 18.7 Å². The lowest BCUT2D eigenvalue weighted by Gasteiger charge is -2.38. The van der Waals surface area contributed by atoms with Crippen molar-refractivity contribution in [2.75, 3.05) is 55.9 Å². The Morgan fingerprint density at radius 1 is 0.897 bits per heavy atom. The first kappa shape index (κ1) is 18.5. The molecule has 3 heterocycles. The second kappa shape index (κ2) is 7.40. The number of para-hydroxylation sites is 2. The van der Waals surface area contributed by atoms with Crippen molar-refractivity contribution in [3.8, 4) is 0 Å². The average Bonchev–Trinajstić information content (AvgIpc) is 2.98. The van der Waals surface area contributed by atoms with E-state index in [0.29, 0.717) is 38.7 Å². The fourth-order valence-electron chi connectivity index (χ4n) is 4.38. The third-order valence-corrected chi connectivity index (χ3v) is 5.88. The number of hydrogen-bond acceptors (Lipinski definition) is 5. The highest BCUT2D eigenvalue weighted by atomic mass is 19.1. The van der Waals surface area contributed by atoms with Gasteiger partial charge in [-0.15, -0.1) is 0 Å². The van der Waals surface area contributed by atoms with E-state index in [-0.39, 0.29) is 11.7 Å². The van der Waals surface area contributed by atoms with Crippen LogP contribution in [0.25, 0.3) is 0 Å². The Morgan fingerprint density at radius 2 is 1.55 bits per heavy atom. The number of carbonyl (C=O) groups is 1. The van der Waals surface area contributed by atoms with Crippen LogP contribution in [0.4, 0.5) is 15.8 Å². The number of nitrogens with zero attached hydrogens (tertiary/aromatic N) is 3. The zero-order chi connectivity index (χ0) is 19.8. The predicted octanol–water partition coefficient (Wildman–Crippen LogP) is 2.54. The summed E-state index contributed by atoms with van der Waals surface area (Å²) in [6.07, 6.45) is 0.787. The lowest BCUT2D eigenvalue weighted by Crippen LogP contribution is -2.53. The Kier molecular flexibility index (Phi) is 4.73. The van der Waals surface area contributed by atoms with Gasteiger partial charge in [-0.3, -0.25) is 14.6 Å². The molecule has 7 heteroatoms. The van der Waals surface area contributed by atoms with Gasteiger partial charge in [0.15, 0.2) is 0 Å². The van der Waals surface area contributed by atoms with Crippen LogP contribution >= 0.6 is 0 Å². The quantitative estimate of drug-likeness (QED) is 0.797. The van der Waals surface area contributed by atoms with Crippen LogP contribution in [0, 0.1) is 5.82 Å². The van der Waals surface area contributed by atoms with Gasteiger partial charge in [0.2, 0.25) is 0 Å². The van der Waals surface area contributed by atoms with E-state index in [1.165, 1.54) is 6.07 Å². The number of fused-ring (bicyclic) bond motifs is 2. The van der Waals surface area contributed by atoms with Crippen molar-refractivity contribution in [3.05, 3.63) is 59.9 Å². The number of hydrogen-bond donors (Lipinski definition) is 0. The van der Waals surface area contributed by atoms with Crippen LogP contribution in [-0.2, 0) is 20.1 Å². The number of piperazine rings is 1. The van der Waals surface area contributed by atoms with Crippen molar-refractivity contribution in [2.45, 2.75) is 12.2 Å². The van der Waals surface area contributed by atoms with E-state index in [0.717, 1.165) is 30.8 Å². The maximum atomic E-state index is 14.1. The molecule has 0 aromatic heterocycles. The highest BCUT2D eigenvalue weighted by molar-refractivity contribution is 6.06. The minimum absolute atomic E-state index is 0.157. The number of carbonyl (C=O) groups excluding carboxylic acids is 1. The van der Waals surface area contributed by atoms with E-state index in [1.54, 1.807) is 11.0 Å². The lowest BCUT2D eigenvalue weighted by molar-refractivity contribution is -0.256. The van der Waals surface area contributed by atoms with E-state index in [9.17, 15) is 9.18 Å². The highest BCUT2D eigenvalue weighted by Gasteiger charge is 2.55. The van der Waals surface area contributed by atoms with Crippen LogP contribution in [0.3, 0.4) is 0 Å². The maximum Gasteiger partial charge on any atom is 0.293 e. The van der Waals surface area contributed by atoms with E-state index >= 15 is 0 Å². The van der Waals surface area contributed by atoms with Crippen LogP contribution in [0.5, 0.6) is 0 Å². The Hall–Kier alpha value is -2.48. The molecule has 0 aliphatic carbocycles. The lowest BCUT2D eigenvalue weighted by atomic mass is 10.1. The van der Waals surface area contributed by atoms with Crippen molar-refractivity contribution in [2.24, 2.45) is 0 Å². The summed E-state index contributed by atoms with van der Waals surface area (Å²) < 4.78 is 25.9. The van der Waals surface area contributed by atoms with Crippen molar-refractivity contribution in [1.29, 1.82) is 0 Å². The first-order valence-electron chi connectivity index (χ1n) is 10.1. The van der Waals surface area contributed by atoms with Gasteiger partial charge in [0.05, 0.1) is 31.3 Å². The summed E-state index contributed by atoms with van der Waals surface area (Å²) in [7, 11) is 0. The van der Waals surface area contributed by atoms with E-state index in [1.807, 2.05) is 36.4 Å². The van der Waals surface area contributed by atoms with Crippen molar-refractivity contribution >= 4 is 17.3 Å². The van der Waals surface area contributed by atoms with Crippen LogP contribution in [0.15, 0.2) is 48.5 Å². The molecule has 1 amide bonds. The van der Waals surface area contributed by atoms with Gasteiger partial charge in [0.25, 0.3) is 11.7 Å². The monoisotopic (exact) mass is 397 g/mol. The number of rotatable bonds is 3. The molecular weight excluding hydrogens is 373 g/mol. The number of halogens is 1. The molecule has 0 saturated carbocycles. The molecule has 1 spiro atoms. The van der Waals surface area contributed by atoms with E-state index < -0.39 is 5.79 Å². The molecule has 0 bridgehead atoms. The maximum absolute atomic E-state index is 14.1. The molecule has 3 aliphatic rings. The molecule has 2 aromatic rings. The Balaban J connectivity index is 1.31. The molecule has 0 atom stereocenters. The van der Waals surface area contributed by atoms with Gasteiger partial charge in [-0.2, -0.15) is 0 Å². The van der Waals surface area contributed by atoms with Crippen LogP contribution in [-0.4, -0.2) is 56.9 Å². The van der Waals surface area contributed by atoms with E-state index in [2.05, 4.69) is 9.80 Å². The first-order valence-corrected chi connectivity index (χ1v) is 10.1. The van der Waals surface area contributed by atoms with Gasteiger partial charge >= 0.3 is 0 Å². The fourth-order valence-corrected chi connectivity index (χ4v) is 4.38. The third-order valence-electron chi connectivity index (χ3n) is 5.88. The minimum Gasteiger partial charge on any atom is -0.367 e. The Morgan fingerprint density at radius 3 is 2.28 bits per heavy atom. The molecule has 3 aliphatic heterocycles. The zero-order valence-electron chi connectivity index (χ0n) is 16.2. The van der Waals surface area contributed by atoms with Gasteiger partial charge in [-0.05, 0) is 24.6 Å². The Bertz CT molecular complexity index is 908. The molecule has 6 nitrogen and oxygen atoms in total. The number of anilines is 2. The van der Waals surface area contributed by atoms with Crippen LogP contribution in [0.2, 0.25) is 0 Å². The molecule has 0 unspecified atom stereocenters. The Labute approximate surface area is 169 Å². The van der Waals surface area contributed by atoms with E-state index in [4.69, 9.17) is 9.47 Å². The second-order valence-electron chi connectivity index (χ2n) is 7.62. The standard InChI is InChI=1S/C22H24FN3O3/c23-18-7-2-4-9-20(18)25-12-10-24(11-13-25)16-26-19-8-3-1-6-17(19)22(21(26)27)28-14-5-15-29-22/h1-4,6-9H,5,10-16H2. The largest absolute Gasteiger partial charge is 0.367 e. The van der Waals surface area contributed by atoms with Crippen molar-refractivity contribution in [1.82, 2.24) is 4.90 Å². The first-order chi connectivity index (χ1) is 14.2. The fraction of sp³-hybridized carbons (Fsp3) is 0.409. The number of benzene rings is 2. The number of amides is 1. The molecular formula is C22H24FN3O3. The number of ether oxygens (including phenoxy) is 2. The SMILES string of the molecule is O=C1N(CN2CCN(c3ccccc3F)CC2)c2ccccc2C12OCCCO2. The van der Waals surface area contributed by atoms with Gasteiger partial charge in [0.1, 0.15) is 5.82 Å². The predicted molar refractivity (Wildman–Crippen MR) is 107 cm³/mol. The molecule has 0 radical (unpaired) electrons. The summed E-state index contributed by atoms with van der Waals surface area (Å²) in [5, 5.41) is 0. The van der Waals surface area contributed by atoms with Gasteiger partial charge in [-0.25, -0.2) is 4.39 Å². The summed E-state index contributed by atoms with van der Waals surface area (Å²) >= 11 is 0. The minimum atomic E-state index is -1.30. The molecule has 152 valence electrons. The summed E-state index contributed by atoms with van der Waals surface area (Å²) in [5.74, 6) is -1.66. The molecule has 29 heavy (non-hydrogen) atoms. The normalized spacial score (nSPS) is 21.6. The smallest absolute Gasteiger partial charge is 0.293 e. The van der Waals surface area contributed by atoms with Crippen LogP contribution in [0.1, 0.15) is 12.0 Å². The van der Waals surface area contributed by atoms with Gasteiger partial charge in [-0.1, -0.05) is 30.3 Å². The van der Waals surface area contributed by atoms with Crippen molar-refractivity contribution in [3.63, 3.8) is 0 Å². The molecule has 5 rings (SSSR count). The summed E-state index contributed by atoms with van der Waals surface area (Å²) in [4.78, 5) is 19.4.